The third kappa shape index (κ3) is 4.28. The van der Waals surface area contributed by atoms with Gasteiger partial charge in [-0.3, -0.25) is 0 Å². The molecule has 0 saturated carbocycles. The van der Waals surface area contributed by atoms with Gasteiger partial charge in [-0.25, -0.2) is 14.5 Å². The number of nitrogens with zero attached hydrogens (tertiary/aromatic N) is 4. The van der Waals surface area contributed by atoms with Crippen LogP contribution in [0, 0.1) is 5.82 Å². The van der Waals surface area contributed by atoms with Crippen LogP contribution < -0.4 is 11.3 Å². The second kappa shape index (κ2) is 8.00. The quantitative estimate of drug-likeness (QED) is 0.298. The number of nitrogens with two attached hydrogens (primary N) is 1. The lowest BCUT2D eigenvalue weighted by molar-refractivity contribution is 0.626. The molecule has 0 unspecified atom stereocenters. The van der Waals surface area contributed by atoms with Gasteiger partial charge in [0.15, 0.2) is 0 Å². The number of benzene rings is 2. The zero-order valence-corrected chi connectivity index (χ0v) is 14.5. The summed E-state index contributed by atoms with van der Waals surface area (Å²) in [5.74, 6) is 6.43. The van der Waals surface area contributed by atoms with E-state index in [0.29, 0.717) is 21.5 Å². The molecule has 25 heavy (non-hydrogen) atoms. The summed E-state index contributed by atoms with van der Waals surface area (Å²) in [5, 5.41) is 13.0. The minimum absolute atomic E-state index is 0.245. The molecule has 6 nitrogen and oxygen atoms in total. The third-order valence-corrected chi connectivity index (χ3v) is 4.61. The number of nitrogens with one attached hydrogen (secondary N) is 1. The molecule has 3 aromatic rings. The molecule has 0 aliphatic carbocycles. The van der Waals surface area contributed by atoms with Gasteiger partial charge in [0.05, 0.1) is 6.21 Å². The summed E-state index contributed by atoms with van der Waals surface area (Å²) < 4.78 is 14.8. The van der Waals surface area contributed by atoms with E-state index in [1.165, 1.54) is 28.7 Å². The van der Waals surface area contributed by atoms with Crippen molar-refractivity contribution in [3.05, 3.63) is 70.5 Å². The van der Waals surface area contributed by atoms with Gasteiger partial charge in [-0.2, -0.15) is 5.10 Å². The summed E-state index contributed by atoms with van der Waals surface area (Å²) in [5.41, 5.74) is 3.98. The van der Waals surface area contributed by atoms with Crippen molar-refractivity contribution in [2.75, 3.05) is 11.3 Å². The Hall–Kier alpha value is -2.58. The van der Waals surface area contributed by atoms with Crippen LogP contribution in [0.1, 0.15) is 11.1 Å². The highest BCUT2D eigenvalue weighted by atomic mass is 35.5. The zero-order chi connectivity index (χ0) is 17.6. The highest BCUT2D eigenvalue weighted by Gasteiger charge is 2.10. The second-order valence-corrected chi connectivity index (χ2v) is 6.30. The summed E-state index contributed by atoms with van der Waals surface area (Å²) in [7, 11) is 0. The summed E-state index contributed by atoms with van der Waals surface area (Å²) in [6.07, 6.45) is 1.35. The van der Waals surface area contributed by atoms with Gasteiger partial charge in [0.25, 0.3) is 5.95 Å². The molecule has 3 rings (SSSR count). The second-order valence-electron chi connectivity index (χ2n) is 4.95. The van der Waals surface area contributed by atoms with E-state index in [-0.39, 0.29) is 11.8 Å². The smallest absolute Gasteiger partial charge is 0.264 e. The highest BCUT2D eigenvalue weighted by Crippen LogP contribution is 2.25. The molecule has 0 saturated heterocycles. The van der Waals surface area contributed by atoms with Gasteiger partial charge in [0.2, 0.25) is 5.16 Å². The maximum atomic E-state index is 13.5. The summed E-state index contributed by atoms with van der Waals surface area (Å²) >= 11 is 7.52. The zero-order valence-electron chi connectivity index (χ0n) is 12.9. The molecule has 128 valence electrons. The molecule has 3 N–H and O–H groups in total. The topological polar surface area (TPSA) is 81.1 Å². The molecule has 0 fully saturated rings. The third-order valence-electron chi connectivity index (χ3n) is 3.25. The van der Waals surface area contributed by atoms with Crippen LogP contribution in [-0.2, 0) is 5.75 Å². The van der Waals surface area contributed by atoms with Crippen molar-refractivity contribution < 1.29 is 4.39 Å². The Labute approximate surface area is 152 Å². The van der Waals surface area contributed by atoms with Crippen LogP contribution in [0.15, 0.2) is 58.8 Å². The first-order valence-corrected chi connectivity index (χ1v) is 8.62. The van der Waals surface area contributed by atoms with Crippen molar-refractivity contribution in [2.45, 2.75) is 10.9 Å². The van der Waals surface area contributed by atoms with Crippen molar-refractivity contribution in [3.8, 4) is 0 Å². The Morgan fingerprint density at radius 1 is 1.20 bits per heavy atom. The molecule has 0 bridgehead atoms. The Balaban J connectivity index is 1.63. The number of hydrazone groups is 1. The van der Waals surface area contributed by atoms with Crippen molar-refractivity contribution >= 4 is 35.5 Å². The first kappa shape index (κ1) is 17.2. The van der Waals surface area contributed by atoms with Gasteiger partial charge in [0.1, 0.15) is 5.82 Å². The molecular weight excluding hydrogens is 363 g/mol. The Kier molecular flexibility index (Phi) is 5.52. The van der Waals surface area contributed by atoms with E-state index < -0.39 is 0 Å². The minimum Gasteiger partial charge on any atom is -0.334 e. The lowest BCUT2D eigenvalue weighted by Gasteiger charge is -2.04. The van der Waals surface area contributed by atoms with Crippen molar-refractivity contribution in [1.29, 1.82) is 0 Å². The fourth-order valence-corrected chi connectivity index (χ4v) is 3.09. The molecule has 0 aliphatic heterocycles. The summed E-state index contributed by atoms with van der Waals surface area (Å²) in [6.45, 7) is 0. The molecule has 0 amide bonds. The first-order valence-electron chi connectivity index (χ1n) is 7.25. The average Bonchev–Trinajstić information content (AvgIpc) is 2.96. The van der Waals surface area contributed by atoms with Gasteiger partial charge in [-0.1, -0.05) is 59.8 Å². The van der Waals surface area contributed by atoms with Crippen LogP contribution in [0.25, 0.3) is 0 Å². The SMILES string of the molecule is Nn1c(N/N=C/c2ccccc2F)nnc1SCc1ccccc1Cl. The van der Waals surface area contributed by atoms with Crippen LogP contribution in [0.3, 0.4) is 0 Å². The summed E-state index contributed by atoms with van der Waals surface area (Å²) in [4.78, 5) is 0. The fourth-order valence-electron chi connectivity index (χ4n) is 1.95. The van der Waals surface area contributed by atoms with Crippen molar-refractivity contribution in [2.24, 2.45) is 5.10 Å². The average molecular weight is 377 g/mol. The molecule has 0 spiro atoms. The molecule has 0 atom stereocenters. The molecule has 1 heterocycles. The van der Waals surface area contributed by atoms with Crippen LogP contribution in [0.2, 0.25) is 5.02 Å². The van der Waals surface area contributed by atoms with E-state index >= 15 is 0 Å². The van der Waals surface area contributed by atoms with E-state index in [9.17, 15) is 4.39 Å². The first-order chi connectivity index (χ1) is 12.1. The lowest BCUT2D eigenvalue weighted by atomic mass is 10.2. The molecule has 0 aliphatic rings. The van der Waals surface area contributed by atoms with Gasteiger partial charge >= 0.3 is 0 Å². The Morgan fingerprint density at radius 2 is 1.96 bits per heavy atom. The van der Waals surface area contributed by atoms with Crippen LogP contribution in [-0.4, -0.2) is 21.1 Å². The number of hydrogen-bond acceptors (Lipinski definition) is 6. The number of rotatable bonds is 6. The standard InChI is InChI=1S/C16H14ClFN6S/c17-13-7-3-1-6-12(13)10-25-16-23-22-15(24(16)19)21-20-9-11-5-2-4-8-14(11)18/h1-9H,10,19H2,(H,21,22)/b20-9+. The number of thioether (sulfide) groups is 1. The predicted molar refractivity (Wildman–Crippen MR) is 98.8 cm³/mol. The largest absolute Gasteiger partial charge is 0.334 e. The Morgan fingerprint density at radius 3 is 2.76 bits per heavy atom. The van der Waals surface area contributed by atoms with Gasteiger partial charge in [0, 0.05) is 16.3 Å². The van der Waals surface area contributed by atoms with E-state index in [2.05, 4.69) is 20.7 Å². The monoisotopic (exact) mass is 376 g/mol. The van der Waals surface area contributed by atoms with Crippen molar-refractivity contribution in [1.82, 2.24) is 14.9 Å². The number of halogens is 2. The van der Waals surface area contributed by atoms with Crippen LogP contribution in [0.5, 0.6) is 0 Å². The highest BCUT2D eigenvalue weighted by molar-refractivity contribution is 7.98. The number of nitrogen functional groups attached to an aromatic ring is 1. The molecule has 1 aromatic heterocycles. The maximum Gasteiger partial charge on any atom is 0.264 e. The van der Waals surface area contributed by atoms with E-state index in [1.54, 1.807) is 18.2 Å². The molecule has 2 aromatic carbocycles. The predicted octanol–water partition coefficient (Wildman–Crippen LogP) is 3.52. The number of anilines is 1. The lowest BCUT2D eigenvalue weighted by Crippen LogP contribution is -2.13. The number of hydrogen-bond donors (Lipinski definition) is 2. The summed E-state index contributed by atoms with van der Waals surface area (Å²) in [6, 6.07) is 13.9. The van der Waals surface area contributed by atoms with Gasteiger partial charge in [-0.05, 0) is 17.7 Å². The van der Waals surface area contributed by atoms with Crippen molar-refractivity contribution in [3.63, 3.8) is 0 Å². The molecule has 0 radical (unpaired) electrons. The normalized spacial score (nSPS) is 11.1. The van der Waals surface area contributed by atoms with Crippen LogP contribution in [0.4, 0.5) is 10.3 Å². The van der Waals surface area contributed by atoms with Gasteiger partial charge < -0.3 is 5.84 Å². The molecular formula is C16H14ClFN6S. The Bertz CT molecular complexity index is 898. The fraction of sp³-hybridized carbons (Fsp3) is 0.0625. The van der Waals surface area contributed by atoms with Gasteiger partial charge in [-0.15, -0.1) is 10.2 Å². The minimum atomic E-state index is -0.363. The van der Waals surface area contributed by atoms with E-state index in [0.717, 1.165) is 5.56 Å². The van der Waals surface area contributed by atoms with Crippen LogP contribution >= 0.6 is 23.4 Å². The number of aromatic nitrogens is 3. The maximum absolute atomic E-state index is 13.5. The molecule has 9 heteroatoms. The van der Waals surface area contributed by atoms with E-state index in [1.807, 2.05) is 24.3 Å². The van der Waals surface area contributed by atoms with E-state index in [4.69, 9.17) is 17.4 Å².